The Labute approximate surface area is 148 Å². The molecule has 2 saturated heterocycles. The van der Waals surface area contributed by atoms with Crippen LogP contribution in [0, 0.1) is 12.8 Å². The number of hydrogen-bond donors (Lipinski definition) is 1. The minimum Gasteiger partial charge on any atom is -0.381 e. The number of carbonyl (C=O) groups is 1. The highest BCUT2D eigenvalue weighted by Crippen LogP contribution is 2.27. The Bertz CT molecular complexity index is 557. The molecule has 2 fully saturated rings. The standard InChI is InChI=1S/C17H28N4O2S/c1-12(2)20-8-9-21(15(11-20)14-4-6-18-7-5-14)17(22)23-16-19-10-13(3)24-16/h10,12,14-15,18H,4-9,11H2,1-3H3. The van der Waals surface area contributed by atoms with Gasteiger partial charge in [0.1, 0.15) is 0 Å². The van der Waals surface area contributed by atoms with Crippen molar-refractivity contribution in [2.24, 2.45) is 5.92 Å². The van der Waals surface area contributed by atoms with Crippen molar-refractivity contribution in [3.63, 3.8) is 0 Å². The summed E-state index contributed by atoms with van der Waals surface area (Å²) in [6.07, 6.45) is 3.75. The largest absolute Gasteiger partial charge is 0.417 e. The molecule has 2 aliphatic rings. The molecule has 24 heavy (non-hydrogen) atoms. The van der Waals surface area contributed by atoms with Crippen molar-refractivity contribution in [3.05, 3.63) is 11.1 Å². The fourth-order valence-electron chi connectivity index (χ4n) is 3.67. The zero-order chi connectivity index (χ0) is 17.1. The van der Waals surface area contributed by atoms with Gasteiger partial charge in [-0.2, -0.15) is 0 Å². The number of nitrogens with zero attached hydrogens (tertiary/aromatic N) is 3. The average Bonchev–Trinajstić information content (AvgIpc) is 3.00. The Morgan fingerprint density at radius 2 is 2.12 bits per heavy atom. The fraction of sp³-hybridized carbons (Fsp3) is 0.765. The smallest absolute Gasteiger partial charge is 0.381 e. The molecule has 134 valence electrons. The maximum absolute atomic E-state index is 12.7. The van der Waals surface area contributed by atoms with E-state index in [0.717, 1.165) is 50.4 Å². The number of rotatable bonds is 3. The molecule has 1 unspecified atom stereocenters. The van der Waals surface area contributed by atoms with Crippen LogP contribution >= 0.6 is 11.3 Å². The lowest BCUT2D eigenvalue weighted by Gasteiger charge is -2.46. The molecule has 1 atom stereocenters. The van der Waals surface area contributed by atoms with Crippen molar-refractivity contribution in [3.8, 4) is 5.19 Å². The Hall–Kier alpha value is -1.18. The van der Waals surface area contributed by atoms with E-state index < -0.39 is 0 Å². The van der Waals surface area contributed by atoms with E-state index in [2.05, 4.69) is 29.0 Å². The van der Waals surface area contributed by atoms with Crippen LogP contribution in [0.15, 0.2) is 6.20 Å². The predicted octanol–water partition coefficient (Wildman–Crippen LogP) is 2.34. The summed E-state index contributed by atoms with van der Waals surface area (Å²) >= 11 is 1.42. The van der Waals surface area contributed by atoms with Crippen molar-refractivity contribution < 1.29 is 9.53 Å². The summed E-state index contributed by atoms with van der Waals surface area (Å²) in [6.45, 7) is 11.1. The number of nitrogens with one attached hydrogen (secondary N) is 1. The van der Waals surface area contributed by atoms with Crippen LogP contribution in [0.1, 0.15) is 31.6 Å². The van der Waals surface area contributed by atoms with Gasteiger partial charge in [0.2, 0.25) is 0 Å². The van der Waals surface area contributed by atoms with Crippen molar-refractivity contribution in [1.82, 2.24) is 20.1 Å². The molecule has 1 N–H and O–H groups in total. The van der Waals surface area contributed by atoms with Gasteiger partial charge < -0.3 is 15.0 Å². The summed E-state index contributed by atoms with van der Waals surface area (Å²) < 4.78 is 5.55. The van der Waals surface area contributed by atoms with E-state index in [4.69, 9.17) is 4.74 Å². The van der Waals surface area contributed by atoms with Gasteiger partial charge in [0.15, 0.2) is 0 Å². The SMILES string of the molecule is Cc1cnc(OC(=O)N2CCN(C(C)C)CC2C2CCNCC2)s1. The van der Waals surface area contributed by atoms with E-state index >= 15 is 0 Å². The third kappa shape index (κ3) is 4.07. The fourth-order valence-corrected chi connectivity index (χ4v) is 4.27. The number of piperazine rings is 1. The first kappa shape index (κ1) is 17.6. The van der Waals surface area contributed by atoms with E-state index in [1.165, 1.54) is 11.3 Å². The minimum absolute atomic E-state index is 0.233. The third-order valence-electron chi connectivity index (χ3n) is 5.12. The molecule has 6 nitrogen and oxygen atoms in total. The van der Waals surface area contributed by atoms with E-state index in [9.17, 15) is 4.79 Å². The van der Waals surface area contributed by atoms with E-state index in [-0.39, 0.29) is 12.1 Å². The zero-order valence-electron chi connectivity index (χ0n) is 14.8. The second kappa shape index (κ2) is 7.80. The number of thiazole rings is 1. The maximum atomic E-state index is 12.7. The molecule has 0 spiro atoms. The molecule has 1 amide bonds. The van der Waals surface area contributed by atoms with E-state index in [1.807, 2.05) is 11.8 Å². The van der Waals surface area contributed by atoms with Gasteiger partial charge in [-0.3, -0.25) is 4.90 Å². The summed E-state index contributed by atoms with van der Waals surface area (Å²) in [5.41, 5.74) is 0. The minimum atomic E-state index is -0.240. The number of hydrogen-bond acceptors (Lipinski definition) is 6. The first-order valence-corrected chi connectivity index (χ1v) is 9.72. The number of piperidine rings is 1. The topological polar surface area (TPSA) is 57.7 Å². The van der Waals surface area contributed by atoms with Gasteiger partial charge in [0.05, 0.1) is 6.04 Å². The molecule has 0 aromatic carbocycles. The molecule has 3 heterocycles. The molecule has 2 aliphatic heterocycles. The van der Waals surface area contributed by atoms with Crippen molar-refractivity contribution in [2.75, 3.05) is 32.7 Å². The summed E-state index contributed by atoms with van der Waals surface area (Å²) in [4.78, 5) is 22.4. The molecule has 0 aliphatic carbocycles. The van der Waals surface area contributed by atoms with Crippen LogP contribution in [0.2, 0.25) is 0 Å². The van der Waals surface area contributed by atoms with Crippen LogP contribution in [0.25, 0.3) is 0 Å². The van der Waals surface area contributed by atoms with Crippen LogP contribution in [0.3, 0.4) is 0 Å². The Morgan fingerprint density at radius 1 is 1.38 bits per heavy atom. The molecule has 7 heteroatoms. The number of amides is 1. The summed E-state index contributed by atoms with van der Waals surface area (Å²) in [5.74, 6) is 0.540. The van der Waals surface area contributed by atoms with E-state index in [1.54, 1.807) is 6.20 Å². The average molecular weight is 353 g/mol. The summed E-state index contributed by atoms with van der Waals surface area (Å²) in [5, 5.41) is 3.87. The van der Waals surface area contributed by atoms with E-state index in [0.29, 0.717) is 17.2 Å². The lowest BCUT2D eigenvalue weighted by Crippen LogP contribution is -2.60. The van der Waals surface area contributed by atoms with Gasteiger partial charge in [-0.15, -0.1) is 0 Å². The van der Waals surface area contributed by atoms with Gasteiger partial charge in [0, 0.05) is 36.8 Å². The summed E-state index contributed by atoms with van der Waals surface area (Å²) in [7, 11) is 0. The van der Waals surface area contributed by atoms with Gasteiger partial charge >= 0.3 is 6.09 Å². The van der Waals surface area contributed by atoms with Crippen molar-refractivity contribution in [2.45, 2.75) is 45.7 Å². The van der Waals surface area contributed by atoms with Crippen LogP contribution < -0.4 is 10.1 Å². The van der Waals surface area contributed by atoms with Crippen LogP contribution in [0.4, 0.5) is 4.79 Å². The monoisotopic (exact) mass is 352 g/mol. The molecule has 0 bridgehead atoms. The molecule has 1 aromatic heterocycles. The number of aromatic nitrogens is 1. The lowest BCUT2D eigenvalue weighted by molar-refractivity contribution is 0.0272. The Balaban J connectivity index is 1.71. The predicted molar refractivity (Wildman–Crippen MR) is 95.7 cm³/mol. The molecular weight excluding hydrogens is 324 g/mol. The molecule has 1 aromatic rings. The van der Waals surface area contributed by atoms with Crippen molar-refractivity contribution >= 4 is 17.4 Å². The highest BCUT2D eigenvalue weighted by Gasteiger charge is 2.38. The maximum Gasteiger partial charge on any atom is 0.417 e. The quantitative estimate of drug-likeness (QED) is 0.905. The molecule has 0 radical (unpaired) electrons. The third-order valence-corrected chi connectivity index (χ3v) is 5.91. The molecule has 0 saturated carbocycles. The molecular formula is C17H28N4O2S. The van der Waals surface area contributed by atoms with Crippen LogP contribution in [-0.2, 0) is 0 Å². The highest BCUT2D eigenvalue weighted by atomic mass is 32.1. The normalized spacial score (nSPS) is 23.7. The Morgan fingerprint density at radius 3 is 2.75 bits per heavy atom. The second-order valence-electron chi connectivity index (χ2n) is 7.04. The second-order valence-corrected chi connectivity index (χ2v) is 8.24. The van der Waals surface area contributed by atoms with Crippen LogP contribution in [0.5, 0.6) is 5.19 Å². The van der Waals surface area contributed by atoms with Gasteiger partial charge in [-0.05, 0) is 52.6 Å². The lowest BCUT2D eigenvalue weighted by atomic mass is 9.87. The highest BCUT2D eigenvalue weighted by molar-refractivity contribution is 7.13. The number of ether oxygens (including phenoxy) is 1. The first-order chi connectivity index (χ1) is 11.5. The Kier molecular flexibility index (Phi) is 5.73. The summed E-state index contributed by atoms with van der Waals surface area (Å²) in [6, 6.07) is 0.741. The number of aryl methyl sites for hydroxylation is 1. The number of carbonyl (C=O) groups excluding carboxylic acids is 1. The van der Waals surface area contributed by atoms with Crippen LogP contribution in [-0.4, -0.2) is 65.7 Å². The van der Waals surface area contributed by atoms with Gasteiger partial charge in [-0.1, -0.05) is 11.3 Å². The van der Waals surface area contributed by atoms with Gasteiger partial charge in [0.25, 0.3) is 5.19 Å². The van der Waals surface area contributed by atoms with Gasteiger partial charge in [-0.25, -0.2) is 9.78 Å². The van der Waals surface area contributed by atoms with Crippen molar-refractivity contribution in [1.29, 1.82) is 0 Å². The zero-order valence-corrected chi connectivity index (χ0v) is 15.6. The molecule has 3 rings (SSSR count). The first-order valence-electron chi connectivity index (χ1n) is 8.90.